The molecule has 0 saturated carbocycles. The molecule has 17 heavy (non-hydrogen) atoms. The molecule has 0 radical (unpaired) electrons. The Morgan fingerprint density at radius 2 is 2.18 bits per heavy atom. The first-order chi connectivity index (χ1) is 7.99. The molecule has 0 aliphatic heterocycles. The molecule has 6 heteroatoms. The molecule has 0 aliphatic carbocycles. The molecule has 92 valence electrons. The van der Waals surface area contributed by atoms with E-state index in [4.69, 9.17) is 5.11 Å². The first-order valence-corrected chi connectivity index (χ1v) is 6.08. The molecule has 0 fully saturated rings. The molecular weight excluding hydrogens is 335 g/mol. The van der Waals surface area contributed by atoms with Crippen molar-refractivity contribution >= 4 is 40.2 Å². The van der Waals surface area contributed by atoms with E-state index in [-0.39, 0.29) is 12.5 Å². The maximum atomic E-state index is 11.5. The molecular formula is C11H13IN2O3. The number of hydrogen-bond acceptors (Lipinski definition) is 3. The third-order valence-corrected chi connectivity index (χ3v) is 2.72. The molecule has 3 N–H and O–H groups in total. The maximum Gasteiger partial charge on any atom is 0.320 e. The first-order valence-electron chi connectivity index (χ1n) is 5.00. The highest BCUT2D eigenvalue weighted by Crippen LogP contribution is 2.11. The topological polar surface area (TPSA) is 78.4 Å². The lowest BCUT2D eigenvalue weighted by Gasteiger charge is -2.09. The number of carbonyl (C=O) groups excluding carboxylic acids is 1. The summed E-state index contributed by atoms with van der Waals surface area (Å²) in [5, 5.41) is 13.9. The van der Waals surface area contributed by atoms with Gasteiger partial charge in [-0.05, 0) is 47.7 Å². The third kappa shape index (κ3) is 5.14. The molecule has 5 nitrogen and oxygen atoms in total. The van der Waals surface area contributed by atoms with E-state index in [0.717, 1.165) is 3.57 Å². The SMILES string of the molecule is C[C@@H](NCC(=O)Nc1cccc(I)c1)C(=O)O. The van der Waals surface area contributed by atoms with Crippen molar-refractivity contribution in [2.45, 2.75) is 13.0 Å². The fourth-order valence-electron chi connectivity index (χ4n) is 1.10. The Labute approximate surface area is 113 Å². The van der Waals surface area contributed by atoms with Gasteiger partial charge in [0.1, 0.15) is 6.04 Å². The summed E-state index contributed by atoms with van der Waals surface area (Å²) in [5.41, 5.74) is 0.701. The summed E-state index contributed by atoms with van der Waals surface area (Å²) in [4.78, 5) is 22.0. The number of nitrogens with one attached hydrogen (secondary N) is 2. The third-order valence-electron chi connectivity index (χ3n) is 2.05. The van der Waals surface area contributed by atoms with Gasteiger partial charge in [0.15, 0.2) is 0 Å². The Morgan fingerprint density at radius 1 is 1.47 bits per heavy atom. The van der Waals surface area contributed by atoms with Gasteiger partial charge in [-0.3, -0.25) is 14.9 Å². The number of halogens is 1. The number of anilines is 1. The Morgan fingerprint density at radius 3 is 2.76 bits per heavy atom. The molecule has 0 saturated heterocycles. The number of aliphatic carboxylic acids is 1. The summed E-state index contributed by atoms with van der Waals surface area (Å²) < 4.78 is 1.02. The second-order valence-corrected chi connectivity index (χ2v) is 4.74. The Hall–Kier alpha value is -1.15. The number of rotatable bonds is 5. The molecule has 0 spiro atoms. The standard InChI is InChI=1S/C11H13IN2O3/c1-7(11(16)17)13-6-10(15)14-9-4-2-3-8(12)5-9/h2-5,7,13H,6H2,1H3,(H,14,15)(H,16,17)/t7-/m1/s1. The highest BCUT2D eigenvalue weighted by molar-refractivity contribution is 14.1. The minimum atomic E-state index is -0.980. The molecule has 0 aliphatic rings. The van der Waals surface area contributed by atoms with E-state index in [1.165, 1.54) is 6.92 Å². The molecule has 0 heterocycles. The summed E-state index contributed by atoms with van der Waals surface area (Å²) in [6.07, 6.45) is 0. The second kappa shape index (κ2) is 6.55. The van der Waals surface area contributed by atoms with Crippen LogP contribution in [0.3, 0.4) is 0 Å². The van der Waals surface area contributed by atoms with Crippen molar-refractivity contribution in [1.29, 1.82) is 0 Å². The van der Waals surface area contributed by atoms with Crippen LogP contribution < -0.4 is 10.6 Å². The highest BCUT2D eigenvalue weighted by Gasteiger charge is 2.11. The zero-order chi connectivity index (χ0) is 12.8. The van der Waals surface area contributed by atoms with Crippen molar-refractivity contribution in [2.24, 2.45) is 0 Å². The molecule has 0 bridgehead atoms. The fraction of sp³-hybridized carbons (Fsp3) is 0.273. The van der Waals surface area contributed by atoms with Crippen molar-refractivity contribution < 1.29 is 14.7 Å². The van der Waals surface area contributed by atoms with Crippen molar-refractivity contribution in [3.05, 3.63) is 27.8 Å². The van der Waals surface area contributed by atoms with Gasteiger partial charge in [-0.2, -0.15) is 0 Å². The van der Waals surface area contributed by atoms with Crippen LogP contribution in [0.1, 0.15) is 6.92 Å². The van der Waals surface area contributed by atoms with Gasteiger partial charge in [0, 0.05) is 9.26 Å². The van der Waals surface area contributed by atoms with E-state index in [9.17, 15) is 9.59 Å². The van der Waals surface area contributed by atoms with Crippen molar-refractivity contribution in [3.63, 3.8) is 0 Å². The van der Waals surface area contributed by atoms with Crippen LogP contribution in [0.4, 0.5) is 5.69 Å². The van der Waals surface area contributed by atoms with Gasteiger partial charge in [0.2, 0.25) is 5.91 Å². The molecule has 1 rings (SSSR count). The number of carbonyl (C=O) groups is 2. The van der Waals surface area contributed by atoms with Gasteiger partial charge in [-0.1, -0.05) is 6.07 Å². The fourth-order valence-corrected chi connectivity index (χ4v) is 1.65. The second-order valence-electron chi connectivity index (χ2n) is 3.50. The lowest BCUT2D eigenvalue weighted by atomic mass is 10.3. The average molecular weight is 348 g/mol. The van der Waals surface area contributed by atoms with Gasteiger partial charge in [-0.25, -0.2) is 0 Å². The van der Waals surface area contributed by atoms with E-state index < -0.39 is 12.0 Å². The van der Waals surface area contributed by atoms with Gasteiger partial charge < -0.3 is 10.4 Å². The monoisotopic (exact) mass is 348 g/mol. The van der Waals surface area contributed by atoms with Crippen molar-refractivity contribution in [3.8, 4) is 0 Å². The van der Waals surface area contributed by atoms with Crippen LogP contribution >= 0.6 is 22.6 Å². The normalized spacial score (nSPS) is 11.9. The van der Waals surface area contributed by atoms with Gasteiger partial charge in [0.25, 0.3) is 0 Å². The van der Waals surface area contributed by atoms with E-state index in [2.05, 4.69) is 33.2 Å². The summed E-state index contributed by atoms with van der Waals surface area (Å²) in [6, 6.07) is 6.63. The van der Waals surface area contributed by atoms with Crippen LogP contribution in [0.25, 0.3) is 0 Å². The minimum Gasteiger partial charge on any atom is -0.480 e. The van der Waals surface area contributed by atoms with Crippen LogP contribution in [0.15, 0.2) is 24.3 Å². The van der Waals surface area contributed by atoms with Crippen LogP contribution in [0.2, 0.25) is 0 Å². The zero-order valence-electron chi connectivity index (χ0n) is 9.24. The number of amides is 1. The smallest absolute Gasteiger partial charge is 0.320 e. The van der Waals surface area contributed by atoms with Crippen LogP contribution in [-0.2, 0) is 9.59 Å². The predicted molar refractivity (Wildman–Crippen MR) is 72.9 cm³/mol. The zero-order valence-corrected chi connectivity index (χ0v) is 11.4. The van der Waals surface area contributed by atoms with E-state index in [0.29, 0.717) is 5.69 Å². The molecule has 1 atom stereocenters. The van der Waals surface area contributed by atoms with Crippen LogP contribution in [0, 0.1) is 3.57 Å². The maximum absolute atomic E-state index is 11.5. The minimum absolute atomic E-state index is 0.0288. The van der Waals surface area contributed by atoms with Crippen molar-refractivity contribution in [2.75, 3.05) is 11.9 Å². The van der Waals surface area contributed by atoms with Crippen molar-refractivity contribution in [1.82, 2.24) is 5.32 Å². The van der Waals surface area contributed by atoms with E-state index >= 15 is 0 Å². The Bertz CT molecular complexity index is 423. The number of benzene rings is 1. The summed E-state index contributed by atoms with van der Waals surface area (Å²) in [6.45, 7) is 1.46. The molecule has 1 aromatic rings. The van der Waals surface area contributed by atoms with Gasteiger partial charge in [0.05, 0.1) is 6.54 Å². The number of carboxylic acid groups (broad SMARTS) is 1. The van der Waals surface area contributed by atoms with E-state index in [1.807, 2.05) is 18.2 Å². The molecule has 1 aromatic carbocycles. The average Bonchev–Trinajstić information content (AvgIpc) is 2.25. The Balaban J connectivity index is 2.42. The largest absolute Gasteiger partial charge is 0.480 e. The first kappa shape index (κ1) is 13.9. The summed E-state index contributed by atoms with van der Waals surface area (Å²) in [5.74, 6) is -1.24. The quantitative estimate of drug-likeness (QED) is 0.701. The summed E-state index contributed by atoms with van der Waals surface area (Å²) >= 11 is 2.15. The lowest BCUT2D eigenvalue weighted by Crippen LogP contribution is -2.39. The van der Waals surface area contributed by atoms with Crippen LogP contribution in [-0.4, -0.2) is 29.6 Å². The molecule has 0 unspecified atom stereocenters. The lowest BCUT2D eigenvalue weighted by molar-refractivity contribution is -0.139. The van der Waals surface area contributed by atoms with E-state index in [1.54, 1.807) is 6.07 Å². The van der Waals surface area contributed by atoms with Crippen LogP contribution in [0.5, 0.6) is 0 Å². The Kier molecular flexibility index (Phi) is 5.36. The number of carboxylic acids is 1. The highest BCUT2D eigenvalue weighted by atomic mass is 127. The number of hydrogen-bond donors (Lipinski definition) is 3. The summed E-state index contributed by atoms with van der Waals surface area (Å²) in [7, 11) is 0. The predicted octanol–water partition coefficient (Wildman–Crippen LogP) is 1.29. The van der Waals surface area contributed by atoms with Gasteiger partial charge in [-0.15, -0.1) is 0 Å². The molecule has 1 amide bonds. The molecule has 0 aromatic heterocycles. The van der Waals surface area contributed by atoms with Gasteiger partial charge >= 0.3 is 5.97 Å².